The highest BCUT2D eigenvalue weighted by atomic mass is 35.5. The molecule has 1 aromatic heterocycles. The van der Waals surface area contributed by atoms with Gasteiger partial charge in [-0.3, -0.25) is 4.79 Å². The van der Waals surface area contributed by atoms with E-state index in [2.05, 4.69) is 10.3 Å². The van der Waals surface area contributed by atoms with Crippen LogP contribution in [0.5, 0.6) is 0 Å². The first kappa shape index (κ1) is 16.0. The highest BCUT2D eigenvalue weighted by Crippen LogP contribution is 2.27. The molecule has 3 aromatic rings. The third-order valence-electron chi connectivity index (χ3n) is 3.32. The van der Waals surface area contributed by atoms with Gasteiger partial charge in [0.2, 0.25) is 11.8 Å². The van der Waals surface area contributed by atoms with E-state index in [1.54, 1.807) is 42.5 Å². The van der Waals surface area contributed by atoms with E-state index in [9.17, 15) is 14.7 Å². The summed E-state index contributed by atoms with van der Waals surface area (Å²) in [5, 5.41) is 13.5. The lowest BCUT2D eigenvalue weighted by Gasteiger charge is -2.06. The highest BCUT2D eigenvalue weighted by molar-refractivity contribution is 6.31. The molecule has 1 heterocycles. The Hall–Kier alpha value is -2.86. The average molecular weight is 344 g/mol. The number of rotatable bonds is 5. The van der Waals surface area contributed by atoms with E-state index >= 15 is 0 Å². The predicted molar refractivity (Wildman–Crippen MR) is 87.3 cm³/mol. The second-order valence-electron chi connectivity index (χ2n) is 5.13. The van der Waals surface area contributed by atoms with Crippen molar-refractivity contribution in [2.45, 2.75) is 12.8 Å². The molecule has 2 aromatic carbocycles. The van der Waals surface area contributed by atoms with Gasteiger partial charge in [0.1, 0.15) is 5.52 Å². The number of hydrogen-bond donors (Lipinski definition) is 1. The molecule has 0 fully saturated rings. The number of aliphatic carboxylic acids is 1. The molecular weight excluding hydrogens is 332 g/mol. The molecule has 0 bridgehead atoms. The topological polar surface area (TPSA) is 95.3 Å². The van der Waals surface area contributed by atoms with Crippen molar-refractivity contribution in [2.24, 2.45) is 0 Å². The molecule has 1 amide bonds. The smallest absolute Gasteiger partial charge is 0.227 e. The number of carboxylic acid groups (broad SMARTS) is 1. The molecule has 0 aliphatic rings. The first-order valence-corrected chi connectivity index (χ1v) is 7.55. The lowest BCUT2D eigenvalue weighted by Crippen LogP contribution is -2.24. The summed E-state index contributed by atoms with van der Waals surface area (Å²) in [5.74, 6) is -1.19. The number of oxazole rings is 1. The minimum absolute atomic E-state index is 0.129. The normalized spacial score (nSPS) is 10.7. The maximum atomic E-state index is 11.6. The van der Waals surface area contributed by atoms with E-state index in [0.717, 1.165) is 5.56 Å². The Morgan fingerprint density at radius 1 is 1.12 bits per heavy atom. The van der Waals surface area contributed by atoms with Crippen LogP contribution in [0, 0.1) is 0 Å². The Morgan fingerprint density at radius 3 is 2.58 bits per heavy atom. The summed E-state index contributed by atoms with van der Waals surface area (Å²) in [7, 11) is 0. The zero-order valence-corrected chi connectivity index (χ0v) is 13.2. The van der Waals surface area contributed by atoms with E-state index < -0.39 is 5.97 Å². The Kier molecular flexibility index (Phi) is 4.48. The maximum Gasteiger partial charge on any atom is 0.227 e. The quantitative estimate of drug-likeness (QED) is 0.768. The van der Waals surface area contributed by atoms with Gasteiger partial charge in [-0.05, 0) is 42.8 Å². The number of aromatic nitrogens is 1. The van der Waals surface area contributed by atoms with Crippen LogP contribution in [0.25, 0.3) is 22.6 Å². The molecule has 24 heavy (non-hydrogen) atoms. The third-order valence-corrected chi connectivity index (χ3v) is 3.56. The molecule has 0 saturated carbocycles. The van der Waals surface area contributed by atoms with Crippen LogP contribution < -0.4 is 10.4 Å². The maximum absolute atomic E-state index is 11.6. The molecule has 0 aliphatic heterocycles. The fourth-order valence-corrected chi connectivity index (χ4v) is 2.32. The number of carbonyl (C=O) groups is 2. The molecule has 0 unspecified atom stereocenters. The molecule has 0 saturated heterocycles. The number of nitrogens with zero attached hydrogens (tertiary/aromatic N) is 1. The average Bonchev–Trinajstić information content (AvgIpc) is 2.96. The van der Waals surface area contributed by atoms with Crippen molar-refractivity contribution in [1.29, 1.82) is 0 Å². The van der Waals surface area contributed by atoms with Crippen LogP contribution in [0.1, 0.15) is 12.8 Å². The van der Waals surface area contributed by atoms with Gasteiger partial charge < -0.3 is 19.6 Å². The van der Waals surface area contributed by atoms with E-state index in [1.807, 2.05) is 0 Å². The number of hydrogen-bond acceptors (Lipinski definition) is 5. The largest absolute Gasteiger partial charge is 0.550 e. The van der Waals surface area contributed by atoms with Crippen molar-refractivity contribution in [3.8, 4) is 11.5 Å². The standard InChI is InChI=1S/C17H13ClN2O4/c18-11-3-6-13-14(9-11)24-17(20-13)10-1-4-12(5-2-10)19-15(21)7-8-16(22)23/h1-6,9H,7-8H2,(H,19,21)(H,22,23)/p-1. The van der Waals surface area contributed by atoms with Crippen molar-refractivity contribution in [1.82, 2.24) is 4.98 Å². The third kappa shape index (κ3) is 3.72. The van der Waals surface area contributed by atoms with Gasteiger partial charge in [-0.15, -0.1) is 0 Å². The van der Waals surface area contributed by atoms with Crippen LogP contribution >= 0.6 is 11.6 Å². The summed E-state index contributed by atoms with van der Waals surface area (Å²) < 4.78 is 5.67. The molecular formula is C17H12ClN2O4-. The van der Waals surface area contributed by atoms with E-state index in [-0.39, 0.29) is 18.7 Å². The van der Waals surface area contributed by atoms with E-state index in [4.69, 9.17) is 16.0 Å². The Bertz CT molecular complexity index is 903. The molecule has 6 nitrogen and oxygen atoms in total. The van der Waals surface area contributed by atoms with Crippen molar-refractivity contribution in [3.63, 3.8) is 0 Å². The number of benzene rings is 2. The van der Waals surface area contributed by atoms with Gasteiger partial charge in [0, 0.05) is 34.7 Å². The van der Waals surface area contributed by atoms with Crippen molar-refractivity contribution in [3.05, 3.63) is 47.5 Å². The van der Waals surface area contributed by atoms with Gasteiger partial charge in [-0.1, -0.05) is 11.6 Å². The van der Waals surface area contributed by atoms with Gasteiger partial charge in [-0.25, -0.2) is 4.98 Å². The number of carbonyl (C=O) groups excluding carboxylic acids is 2. The first-order valence-electron chi connectivity index (χ1n) is 7.17. The van der Waals surface area contributed by atoms with Crippen LogP contribution in [0.3, 0.4) is 0 Å². The number of carboxylic acids is 1. The first-order chi connectivity index (χ1) is 11.5. The Labute approximate surface area is 142 Å². The molecule has 122 valence electrons. The highest BCUT2D eigenvalue weighted by Gasteiger charge is 2.09. The fourth-order valence-electron chi connectivity index (χ4n) is 2.16. The second-order valence-corrected chi connectivity index (χ2v) is 5.57. The van der Waals surface area contributed by atoms with Crippen LogP contribution in [-0.2, 0) is 9.59 Å². The van der Waals surface area contributed by atoms with Crippen LogP contribution in [-0.4, -0.2) is 16.9 Å². The summed E-state index contributed by atoms with van der Waals surface area (Å²) in [6.07, 6.45) is -0.439. The van der Waals surface area contributed by atoms with Crippen LogP contribution in [0.4, 0.5) is 5.69 Å². The zero-order chi connectivity index (χ0) is 17.1. The molecule has 0 aliphatic carbocycles. The number of amides is 1. The van der Waals surface area contributed by atoms with Crippen LogP contribution in [0.2, 0.25) is 5.02 Å². The SMILES string of the molecule is O=C([O-])CCC(=O)Nc1ccc(-c2nc3ccc(Cl)cc3o2)cc1. The van der Waals surface area contributed by atoms with E-state index in [0.29, 0.717) is 27.7 Å². The summed E-state index contributed by atoms with van der Waals surface area (Å²) in [5.41, 5.74) is 2.60. The van der Waals surface area contributed by atoms with Gasteiger partial charge in [0.15, 0.2) is 5.58 Å². The minimum atomic E-state index is -1.25. The van der Waals surface area contributed by atoms with Gasteiger partial charge in [0.25, 0.3) is 0 Å². The Morgan fingerprint density at radius 2 is 1.88 bits per heavy atom. The van der Waals surface area contributed by atoms with Crippen molar-refractivity contribution < 1.29 is 19.1 Å². The number of nitrogens with one attached hydrogen (secondary N) is 1. The summed E-state index contributed by atoms with van der Waals surface area (Å²) >= 11 is 5.92. The predicted octanol–water partition coefficient (Wildman–Crippen LogP) is 2.62. The number of fused-ring (bicyclic) bond motifs is 1. The molecule has 3 rings (SSSR count). The number of anilines is 1. The molecule has 7 heteroatoms. The minimum Gasteiger partial charge on any atom is -0.550 e. The van der Waals surface area contributed by atoms with E-state index in [1.165, 1.54) is 0 Å². The van der Waals surface area contributed by atoms with Gasteiger partial charge in [-0.2, -0.15) is 0 Å². The summed E-state index contributed by atoms with van der Waals surface area (Å²) in [6.45, 7) is 0. The van der Waals surface area contributed by atoms with Crippen molar-refractivity contribution in [2.75, 3.05) is 5.32 Å². The lowest BCUT2D eigenvalue weighted by atomic mass is 10.2. The molecule has 0 atom stereocenters. The number of halogens is 1. The summed E-state index contributed by atoms with van der Waals surface area (Å²) in [4.78, 5) is 26.3. The van der Waals surface area contributed by atoms with Gasteiger partial charge in [0.05, 0.1) is 0 Å². The van der Waals surface area contributed by atoms with Gasteiger partial charge >= 0.3 is 0 Å². The molecule has 0 spiro atoms. The fraction of sp³-hybridized carbons (Fsp3) is 0.118. The lowest BCUT2D eigenvalue weighted by molar-refractivity contribution is -0.305. The van der Waals surface area contributed by atoms with Crippen LogP contribution in [0.15, 0.2) is 46.9 Å². The molecule has 0 radical (unpaired) electrons. The summed E-state index contributed by atoms with van der Waals surface area (Å²) in [6, 6.07) is 12.1. The zero-order valence-electron chi connectivity index (χ0n) is 12.4. The Balaban J connectivity index is 1.73. The monoisotopic (exact) mass is 343 g/mol. The molecule has 1 N–H and O–H groups in total. The second kappa shape index (κ2) is 6.72. The van der Waals surface area contributed by atoms with Crippen molar-refractivity contribution >= 4 is 40.3 Å².